The number of hydrogen-bond acceptors (Lipinski definition) is 4. The Balaban J connectivity index is 1.92. The topological polar surface area (TPSA) is 39.2 Å². The highest BCUT2D eigenvalue weighted by molar-refractivity contribution is 7.20. The maximum atomic E-state index is 11.9. The molecule has 0 radical (unpaired) electrons. The molecule has 3 nitrogen and oxygen atoms in total. The molecule has 23 heavy (non-hydrogen) atoms. The smallest absolute Gasteiger partial charge is 0.348 e. The average molecular weight is 331 g/mol. The van der Waals surface area contributed by atoms with E-state index < -0.39 is 0 Å². The summed E-state index contributed by atoms with van der Waals surface area (Å²) >= 11 is 1.44. The predicted molar refractivity (Wildman–Crippen MR) is 95.2 cm³/mol. The van der Waals surface area contributed by atoms with Gasteiger partial charge < -0.3 is 4.74 Å². The molecule has 4 heteroatoms. The summed E-state index contributed by atoms with van der Waals surface area (Å²) < 4.78 is 5.10. The first kappa shape index (κ1) is 16.4. The van der Waals surface area contributed by atoms with Crippen molar-refractivity contribution in [2.24, 2.45) is 11.3 Å². The van der Waals surface area contributed by atoms with Gasteiger partial charge in [0.2, 0.25) is 0 Å². The molecule has 2 heterocycles. The lowest BCUT2D eigenvalue weighted by Gasteiger charge is -2.36. The molecule has 0 N–H and O–H groups in total. The zero-order valence-electron chi connectivity index (χ0n) is 14.4. The number of aryl methyl sites for hydroxylation is 1. The molecule has 0 amide bonds. The van der Waals surface area contributed by atoms with Crippen molar-refractivity contribution in [3.63, 3.8) is 0 Å². The Bertz CT molecular complexity index is 732. The van der Waals surface area contributed by atoms with E-state index in [-0.39, 0.29) is 5.97 Å². The van der Waals surface area contributed by atoms with Crippen molar-refractivity contribution in [2.45, 2.75) is 53.4 Å². The molecule has 2 aromatic rings. The summed E-state index contributed by atoms with van der Waals surface area (Å²) in [7, 11) is 0. The highest BCUT2D eigenvalue weighted by atomic mass is 32.1. The van der Waals surface area contributed by atoms with Crippen LogP contribution in [-0.4, -0.2) is 17.6 Å². The largest absolute Gasteiger partial charge is 0.462 e. The van der Waals surface area contributed by atoms with Gasteiger partial charge in [-0.2, -0.15) is 0 Å². The number of nitrogens with zero attached hydrogens (tertiary/aromatic N) is 1. The normalized spacial score (nSPS) is 18.0. The van der Waals surface area contributed by atoms with Crippen LogP contribution in [0.2, 0.25) is 0 Å². The number of carbonyl (C=O) groups excluding carboxylic acids is 1. The van der Waals surface area contributed by atoms with Crippen molar-refractivity contribution in [2.75, 3.05) is 6.61 Å². The number of fused-ring (bicyclic) bond motifs is 2. The number of esters is 1. The van der Waals surface area contributed by atoms with Crippen molar-refractivity contribution in [1.29, 1.82) is 0 Å². The maximum absolute atomic E-state index is 11.9. The molecule has 0 fully saturated rings. The van der Waals surface area contributed by atoms with Crippen LogP contribution in [0.4, 0.5) is 0 Å². The second-order valence-electron chi connectivity index (χ2n) is 7.10. The van der Waals surface area contributed by atoms with Crippen LogP contribution in [0.25, 0.3) is 10.2 Å². The van der Waals surface area contributed by atoms with Crippen LogP contribution in [0.5, 0.6) is 0 Å². The van der Waals surface area contributed by atoms with E-state index in [0.717, 1.165) is 23.1 Å². The van der Waals surface area contributed by atoms with Crippen molar-refractivity contribution >= 4 is 27.5 Å². The number of rotatable bonds is 4. The van der Waals surface area contributed by atoms with Crippen LogP contribution in [0.3, 0.4) is 0 Å². The third kappa shape index (κ3) is 3.14. The van der Waals surface area contributed by atoms with Crippen molar-refractivity contribution in [1.82, 2.24) is 4.98 Å². The van der Waals surface area contributed by atoms with Gasteiger partial charge >= 0.3 is 5.97 Å². The molecule has 0 aliphatic heterocycles. The molecule has 0 bridgehead atoms. The van der Waals surface area contributed by atoms with E-state index in [1.165, 1.54) is 35.4 Å². The molecule has 1 atom stereocenters. The lowest BCUT2D eigenvalue weighted by Crippen LogP contribution is -2.29. The lowest BCUT2D eigenvalue weighted by molar-refractivity contribution is 0.0532. The number of aromatic nitrogens is 1. The van der Waals surface area contributed by atoms with E-state index in [2.05, 4.69) is 26.8 Å². The molecule has 0 saturated carbocycles. The van der Waals surface area contributed by atoms with Gasteiger partial charge in [-0.1, -0.05) is 27.2 Å². The summed E-state index contributed by atoms with van der Waals surface area (Å²) in [5.41, 5.74) is 2.96. The van der Waals surface area contributed by atoms with Gasteiger partial charge in [-0.25, -0.2) is 9.78 Å². The fraction of sp³-hybridized carbons (Fsp3) is 0.579. The Morgan fingerprint density at radius 1 is 1.39 bits per heavy atom. The number of carbonyl (C=O) groups is 1. The van der Waals surface area contributed by atoms with E-state index in [0.29, 0.717) is 22.8 Å². The second-order valence-corrected chi connectivity index (χ2v) is 8.13. The summed E-state index contributed by atoms with van der Waals surface area (Å²) in [6.07, 6.45) is 4.56. The highest BCUT2D eigenvalue weighted by Crippen LogP contribution is 2.40. The van der Waals surface area contributed by atoms with Crippen molar-refractivity contribution < 1.29 is 9.53 Å². The summed E-state index contributed by atoms with van der Waals surface area (Å²) in [5.74, 6) is 0.473. The Morgan fingerprint density at radius 3 is 2.87 bits per heavy atom. The standard InChI is InChI=1S/C19H25NO2S/c1-5-19(3,4)14-7-8-15-12(10-14)9-13-11-16(18(21)22-6-2)23-17(13)20-15/h9,11,14H,5-8,10H2,1-4H3/t14-/m1/s1. The SMILES string of the molecule is CCOC(=O)c1cc2cc3c(nc2s1)CC[C@@H](C(C)(C)CC)C3. The molecule has 124 valence electrons. The summed E-state index contributed by atoms with van der Waals surface area (Å²) in [6, 6.07) is 4.18. The summed E-state index contributed by atoms with van der Waals surface area (Å²) in [6.45, 7) is 9.26. The fourth-order valence-corrected chi connectivity index (χ4v) is 4.31. The van der Waals surface area contributed by atoms with Gasteiger partial charge in [0.05, 0.1) is 6.61 Å². The van der Waals surface area contributed by atoms with Gasteiger partial charge in [-0.3, -0.25) is 0 Å². The Labute approximate surface area is 142 Å². The number of hydrogen-bond donors (Lipinski definition) is 0. The zero-order chi connectivity index (χ0) is 16.6. The molecule has 0 aromatic carbocycles. The van der Waals surface area contributed by atoms with E-state index in [1.807, 2.05) is 13.0 Å². The third-order valence-corrected chi connectivity index (χ3v) is 6.39. The Morgan fingerprint density at radius 2 is 2.17 bits per heavy atom. The molecular formula is C19H25NO2S. The molecular weight excluding hydrogens is 306 g/mol. The van der Waals surface area contributed by atoms with Crippen LogP contribution < -0.4 is 0 Å². The number of pyridine rings is 1. The zero-order valence-corrected chi connectivity index (χ0v) is 15.3. The van der Waals surface area contributed by atoms with Crippen LogP contribution in [0.15, 0.2) is 12.1 Å². The van der Waals surface area contributed by atoms with Gasteiger partial charge in [0.15, 0.2) is 0 Å². The first-order chi connectivity index (χ1) is 10.9. The minimum absolute atomic E-state index is 0.238. The highest BCUT2D eigenvalue weighted by Gasteiger charge is 2.31. The molecule has 1 aliphatic carbocycles. The summed E-state index contributed by atoms with van der Waals surface area (Å²) in [4.78, 5) is 18.4. The molecule has 3 rings (SSSR count). The first-order valence-corrected chi connectivity index (χ1v) is 9.35. The monoisotopic (exact) mass is 331 g/mol. The number of thiophene rings is 1. The van der Waals surface area contributed by atoms with Gasteiger partial charge in [-0.05, 0) is 55.2 Å². The number of ether oxygens (including phenoxy) is 1. The predicted octanol–water partition coefficient (Wildman–Crippen LogP) is 5.01. The van der Waals surface area contributed by atoms with Crippen LogP contribution in [0, 0.1) is 11.3 Å². The van der Waals surface area contributed by atoms with Crippen molar-refractivity contribution in [3.05, 3.63) is 28.3 Å². The minimum Gasteiger partial charge on any atom is -0.462 e. The van der Waals surface area contributed by atoms with Crippen molar-refractivity contribution in [3.8, 4) is 0 Å². The van der Waals surface area contributed by atoms with E-state index in [1.54, 1.807) is 0 Å². The molecule has 0 saturated heterocycles. The molecule has 0 unspecified atom stereocenters. The van der Waals surface area contributed by atoms with Crippen LogP contribution >= 0.6 is 11.3 Å². The lowest BCUT2D eigenvalue weighted by atomic mass is 9.69. The Kier molecular flexibility index (Phi) is 4.45. The van der Waals surface area contributed by atoms with Gasteiger partial charge in [0, 0.05) is 11.1 Å². The second kappa shape index (κ2) is 6.23. The van der Waals surface area contributed by atoms with E-state index in [9.17, 15) is 4.79 Å². The minimum atomic E-state index is -0.238. The van der Waals surface area contributed by atoms with Gasteiger partial charge in [0.1, 0.15) is 9.71 Å². The van der Waals surface area contributed by atoms with Gasteiger partial charge in [-0.15, -0.1) is 11.3 Å². The van der Waals surface area contributed by atoms with Crippen LogP contribution in [0.1, 0.15) is 61.5 Å². The van der Waals surface area contributed by atoms with Crippen LogP contribution in [-0.2, 0) is 17.6 Å². The molecule has 0 spiro atoms. The molecule has 1 aliphatic rings. The van der Waals surface area contributed by atoms with Gasteiger partial charge in [0.25, 0.3) is 0 Å². The van der Waals surface area contributed by atoms with E-state index in [4.69, 9.17) is 9.72 Å². The molecule has 2 aromatic heterocycles. The Hall–Kier alpha value is -1.42. The fourth-order valence-electron chi connectivity index (χ4n) is 3.38. The van der Waals surface area contributed by atoms with E-state index >= 15 is 0 Å². The summed E-state index contributed by atoms with van der Waals surface area (Å²) in [5, 5.41) is 1.08. The quantitative estimate of drug-likeness (QED) is 0.739. The average Bonchev–Trinajstić information content (AvgIpc) is 2.95. The maximum Gasteiger partial charge on any atom is 0.348 e. The third-order valence-electron chi connectivity index (χ3n) is 5.37. The first-order valence-electron chi connectivity index (χ1n) is 8.54.